The fourth-order valence-corrected chi connectivity index (χ4v) is 3.02. The lowest BCUT2D eigenvalue weighted by Gasteiger charge is -2.21. The summed E-state index contributed by atoms with van der Waals surface area (Å²) in [6, 6.07) is 6.67. The van der Waals surface area contributed by atoms with Crippen molar-refractivity contribution >= 4 is 17.3 Å². The molecule has 2 rings (SSSR count). The third kappa shape index (κ3) is 4.48. The number of anilines is 2. The zero-order valence-corrected chi connectivity index (χ0v) is 13.5. The van der Waals surface area contributed by atoms with Gasteiger partial charge in [0.05, 0.1) is 0 Å². The first kappa shape index (κ1) is 15.9. The van der Waals surface area contributed by atoms with Crippen molar-refractivity contribution in [3.8, 4) is 0 Å². The molecule has 0 aliphatic heterocycles. The Balaban J connectivity index is 2.06. The van der Waals surface area contributed by atoms with E-state index in [0.29, 0.717) is 12.5 Å². The van der Waals surface area contributed by atoms with E-state index >= 15 is 0 Å². The van der Waals surface area contributed by atoms with Gasteiger partial charge in [-0.25, -0.2) is 0 Å². The summed E-state index contributed by atoms with van der Waals surface area (Å²) >= 11 is 0. The molecule has 1 fully saturated rings. The van der Waals surface area contributed by atoms with E-state index in [1.807, 2.05) is 19.1 Å². The van der Waals surface area contributed by atoms with Crippen LogP contribution in [0.4, 0.5) is 11.4 Å². The first-order valence-electron chi connectivity index (χ1n) is 8.26. The second-order valence-corrected chi connectivity index (χ2v) is 6.33. The molecule has 2 N–H and O–H groups in total. The van der Waals surface area contributed by atoms with E-state index in [1.54, 1.807) is 0 Å². The average molecular weight is 288 g/mol. The number of benzene rings is 1. The first-order chi connectivity index (χ1) is 10.1. The van der Waals surface area contributed by atoms with E-state index in [0.717, 1.165) is 22.9 Å². The number of hydrogen-bond acceptors (Lipinski definition) is 2. The van der Waals surface area contributed by atoms with Crippen LogP contribution in [0.25, 0.3) is 0 Å². The Labute approximate surface area is 128 Å². The Bertz CT molecular complexity index is 484. The molecule has 1 saturated carbocycles. The molecule has 0 bridgehead atoms. The van der Waals surface area contributed by atoms with E-state index in [1.165, 1.54) is 32.1 Å². The monoisotopic (exact) mass is 288 g/mol. The molecular formula is C18H28N2O. The Morgan fingerprint density at radius 2 is 1.95 bits per heavy atom. The normalized spacial score (nSPS) is 22.4. The minimum atomic E-state index is 0.0681. The third-order valence-corrected chi connectivity index (χ3v) is 4.55. The largest absolute Gasteiger partial charge is 0.382 e. The highest BCUT2D eigenvalue weighted by Gasteiger charge is 2.17. The Kier molecular flexibility index (Phi) is 5.66. The summed E-state index contributed by atoms with van der Waals surface area (Å²) in [5, 5.41) is 6.67. The van der Waals surface area contributed by atoms with Crippen LogP contribution in [0.2, 0.25) is 0 Å². The molecule has 1 aliphatic carbocycles. The zero-order chi connectivity index (χ0) is 15.2. The van der Waals surface area contributed by atoms with Gasteiger partial charge in [0.25, 0.3) is 0 Å². The van der Waals surface area contributed by atoms with E-state index in [-0.39, 0.29) is 5.91 Å². The maximum Gasteiger partial charge on any atom is 0.224 e. The Hall–Kier alpha value is -1.51. The van der Waals surface area contributed by atoms with Crippen LogP contribution in [-0.2, 0) is 4.79 Å². The number of amides is 1. The van der Waals surface area contributed by atoms with Crippen LogP contribution < -0.4 is 10.6 Å². The predicted molar refractivity (Wildman–Crippen MR) is 89.8 cm³/mol. The van der Waals surface area contributed by atoms with Gasteiger partial charge in [-0.3, -0.25) is 4.79 Å². The van der Waals surface area contributed by atoms with Gasteiger partial charge >= 0.3 is 0 Å². The summed E-state index contributed by atoms with van der Waals surface area (Å²) in [4.78, 5) is 11.6. The highest BCUT2D eigenvalue weighted by molar-refractivity contribution is 5.92. The maximum absolute atomic E-state index is 11.6. The van der Waals surface area contributed by atoms with E-state index in [9.17, 15) is 4.79 Å². The molecule has 1 aromatic carbocycles. The Morgan fingerprint density at radius 3 is 2.71 bits per heavy atom. The number of carbonyl (C=O) groups excluding carboxylic acids is 1. The summed E-state index contributed by atoms with van der Waals surface area (Å²) in [6.07, 6.45) is 6.97. The number of hydrogen-bond donors (Lipinski definition) is 2. The lowest BCUT2D eigenvalue weighted by atomic mass is 10.0. The van der Waals surface area contributed by atoms with Crippen molar-refractivity contribution in [3.63, 3.8) is 0 Å². The van der Waals surface area contributed by atoms with Crippen LogP contribution in [-0.4, -0.2) is 11.9 Å². The van der Waals surface area contributed by atoms with Crippen molar-refractivity contribution in [2.75, 3.05) is 10.6 Å². The van der Waals surface area contributed by atoms with Crippen LogP contribution in [0, 0.1) is 12.8 Å². The zero-order valence-electron chi connectivity index (χ0n) is 13.5. The second kappa shape index (κ2) is 7.48. The maximum atomic E-state index is 11.6. The van der Waals surface area contributed by atoms with Crippen molar-refractivity contribution in [1.82, 2.24) is 0 Å². The van der Waals surface area contributed by atoms with Gasteiger partial charge in [0.15, 0.2) is 0 Å². The molecule has 0 spiro atoms. The molecule has 3 heteroatoms. The van der Waals surface area contributed by atoms with E-state index in [4.69, 9.17) is 0 Å². The van der Waals surface area contributed by atoms with Crippen molar-refractivity contribution in [1.29, 1.82) is 0 Å². The molecule has 0 heterocycles. The van der Waals surface area contributed by atoms with E-state index < -0.39 is 0 Å². The fourth-order valence-electron chi connectivity index (χ4n) is 3.02. The quantitative estimate of drug-likeness (QED) is 0.787. The molecule has 0 aromatic heterocycles. The lowest BCUT2D eigenvalue weighted by Crippen LogP contribution is -2.19. The minimum absolute atomic E-state index is 0.0681. The lowest BCUT2D eigenvalue weighted by molar-refractivity contribution is -0.115. The standard InChI is InChI=1S/C18H28N2O/c1-4-18(21)20-17-10-6-9-16(14(17)3)19-15-8-5-7-13(2)11-12-15/h6,9-10,13,15,19H,4-5,7-8,11-12H2,1-3H3,(H,20,21). The molecular weight excluding hydrogens is 260 g/mol. The molecule has 116 valence electrons. The molecule has 2 unspecified atom stereocenters. The van der Waals surface area contributed by atoms with Crippen LogP contribution in [0.3, 0.4) is 0 Å². The summed E-state index contributed by atoms with van der Waals surface area (Å²) in [5.74, 6) is 0.923. The summed E-state index contributed by atoms with van der Waals surface area (Å²) in [5.41, 5.74) is 3.22. The van der Waals surface area contributed by atoms with Crippen molar-refractivity contribution < 1.29 is 4.79 Å². The number of carbonyl (C=O) groups is 1. The molecule has 1 aromatic rings. The second-order valence-electron chi connectivity index (χ2n) is 6.33. The molecule has 21 heavy (non-hydrogen) atoms. The van der Waals surface area contributed by atoms with Gasteiger partial charge in [0.1, 0.15) is 0 Å². The van der Waals surface area contributed by atoms with Gasteiger partial charge in [-0.15, -0.1) is 0 Å². The smallest absolute Gasteiger partial charge is 0.224 e. The number of nitrogens with one attached hydrogen (secondary N) is 2. The van der Waals surface area contributed by atoms with Crippen LogP contribution in [0.15, 0.2) is 18.2 Å². The summed E-state index contributed by atoms with van der Waals surface area (Å²) in [6.45, 7) is 6.31. The van der Waals surface area contributed by atoms with Crippen LogP contribution in [0.1, 0.15) is 57.9 Å². The molecule has 1 amide bonds. The van der Waals surface area contributed by atoms with Crippen molar-refractivity contribution in [2.24, 2.45) is 5.92 Å². The fraction of sp³-hybridized carbons (Fsp3) is 0.611. The van der Waals surface area contributed by atoms with Gasteiger partial charge in [-0.05, 0) is 49.8 Å². The molecule has 3 nitrogen and oxygen atoms in total. The van der Waals surface area contributed by atoms with Gasteiger partial charge in [-0.2, -0.15) is 0 Å². The molecule has 0 saturated heterocycles. The molecule has 2 atom stereocenters. The Morgan fingerprint density at radius 1 is 1.19 bits per heavy atom. The van der Waals surface area contributed by atoms with Gasteiger partial charge in [0, 0.05) is 23.8 Å². The first-order valence-corrected chi connectivity index (χ1v) is 8.26. The van der Waals surface area contributed by atoms with Gasteiger partial charge in [0.2, 0.25) is 5.91 Å². The predicted octanol–water partition coefficient (Wildman–Crippen LogP) is 4.72. The van der Waals surface area contributed by atoms with Gasteiger partial charge in [-0.1, -0.05) is 32.8 Å². The van der Waals surface area contributed by atoms with E-state index in [2.05, 4.69) is 30.5 Å². The SMILES string of the molecule is CCC(=O)Nc1cccc(NC2CCCC(C)CC2)c1C. The number of rotatable bonds is 4. The van der Waals surface area contributed by atoms with Gasteiger partial charge < -0.3 is 10.6 Å². The highest BCUT2D eigenvalue weighted by atomic mass is 16.1. The summed E-state index contributed by atoms with van der Waals surface area (Å²) in [7, 11) is 0. The van der Waals surface area contributed by atoms with Crippen molar-refractivity contribution in [3.05, 3.63) is 23.8 Å². The minimum Gasteiger partial charge on any atom is -0.382 e. The highest BCUT2D eigenvalue weighted by Crippen LogP contribution is 2.28. The van der Waals surface area contributed by atoms with Crippen molar-refractivity contribution in [2.45, 2.75) is 65.3 Å². The topological polar surface area (TPSA) is 41.1 Å². The molecule has 0 radical (unpaired) electrons. The summed E-state index contributed by atoms with van der Waals surface area (Å²) < 4.78 is 0. The average Bonchev–Trinajstić information content (AvgIpc) is 2.68. The van der Waals surface area contributed by atoms with Crippen LogP contribution in [0.5, 0.6) is 0 Å². The molecule has 1 aliphatic rings. The third-order valence-electron chi connectivity index (χ3n) is 4.55. The van der Waals surface area contributed by atoms with Crippen LogP contribution >= 0.6 is 0 Å².